The summed E-state index contributed by atoms with van der Waals surface area (Å²) in [5, 5.41) is 8.54. The van der Waals surface area contributed by atoms with Crippen molar-refractivity contribution in [1.29, 1.82) is 0 Å². The minimum atomic E-state index is -4.15. The number of unbranched alkanes of at least 4 members (excludes halogenated alkanes) is 14. The van der Waals surface area contributed by atoms with Crippen LogP contribution in [0.25, 0.3) is 0 Å². The molecule has 0 spiro atoms. The summed E-state index contributed by atoms with van der Waals surface area (Å²) in [6, 6.07) is 0. The molecule has 6 heteroatoms. The molecule has 0 fully saturated rings. The molecule has 0 saturated heterocycles. The van der Waals surface area contributed by atoms with Gasteiger partial charge in [-0.25, -0.2) is 8.42 Å². The zero-order valence-electron chi connectivity index (χ0n) is 19.7. The molecule has 0 radical (unpaired) electrons. The van der Waals surface area contributed by atoms with Crippen LogP contribution in [0.5, 0.6) is 0 Å². The van der Waals surface area contributed by atoms with Crippen molar-refractivity contribution >= 4 is 10.1 Å². The Kier molecular flexibility index (Phi) is 24.4. The van der Waals surface area contributed by atoms with E-state index in [-0.39, 0.29) is 35.7 Å². The Morgan fingerprint density at radius 1 is 0.655 bits per heavy atom. The summed E-state index contributed by atoms with van der Waals surface area (Å²) in [6.07, 6.45) is 20.1. The van der Waals surface area contributed by atoms with Gasteiger partial charge in [0.05, 0.1) is 16.2 Å². The molecule has 0 aromatic heterocycles. The molecule has 29 heavy (non-hydrogen) atoms. The van der Waals surface area contributed by atoms with Gasteiger partial charge in [0.2, 0.25) is 0 Å². The van der Waals surface area contributed by atoms with Gasteiger partial charge in [-0.2, -0.15) is 0 Å². The first-order valence-corrected chi connectivity index (χ1v) is 13.5. The van der Waals surface area contributed by atoms with E-state index in [1.54, 1.807) is 0 Å². The largest absolute Gasteiger partial charge is 1.00 e. The van der Waals surface area contributed by atoms with E-state index in [1.807, 2.05) is 6.92 Å². The standard InChI is InChI=1S/C23H48O4S.Na/c1-3-4-5-6-7-11-14-17-20-23(28(25,26)27)21-18-15-12-9-8-10-13-16-19-22(2)24;/h22-24H,3-21H2,1-2H3,(H,25,26,27);/q;+1/p-1. The van der Waals surface area contributed by atoms with E-state index in [0.717, 1.165) is 51.4 Å². The van der Waals surface area contributed by atoms with Crippen molar-refractivity contribution in [3.63, 3.8) is 0 Å². The average molecular weight is 443 g/mol. The predicted molar refractivity (Wildman–Crippen MR) is 119 cm³/mol. The smallest absolute Gasteiger partial charge is 0.748 e. The fraction of sp³-hybridized carbons (Fsp3) is 1.00. The van der Waals surface area contributed by atoms with Crippen molar-refractivity contribution in [2.75, 3.05) is 0 Å². The fourth-order valence-corrected chi connectivity index (χ4v) is 4.72. The molecule has 0 aromatic carbocycles. The molecule has 170 valence electrons. The van der Waals surface area contributed by atoms with Crippen LogP contribution in [0.3, 0.4) is 0 Å². The Balaban J connectivity index is 0. The maximum atomic E-state index is 11.5. The quantitative estimate of drug-likeness (QED) is 0.167. The van der Waals surface area contributed by atoms with Crippen LogP contribution >= 0.6 is 0 Å². The zero-order chi connectivity index (χ0) is 21.1. The molecule has 0 aromatic rings. The molecule has 4 nitrogen and oxygen atoms in total. The summed E-state index contributed by atoms with van der Waals surface area (Å²) in [4.78, 5) is 0. The SMILES string of the molecule is CCCCCCCCCCC(CCCCCCCCCCC(C)O)S(=O)(=O)[O-].[Na+]. The van der Waals surface area contributed by atoms with Crippen LogP contribution < -0.4 is 29.6 Å². The van der Waals surface area contributed by atoms with Gasteiger partial charge in [0.1, 0.15) is 0 Å². The van der Waals surface area contributed by atoms with E-state index in [2.05, 4.69) is 6.92 Å². The second kappa shape index (κ2) is 22.1. The van der Waals surface area contributed by atoms with E-state index in [1.165, 1.54) is 57.8 Å². The zero-order valence-corrected chi connectivity index (χ0v) is 22.5. The van der Waals surface area contributed by atoms with Crippen molar-refractivity contribution in [2.24, 2.45) is 0 Å². The van der Waals surface area contributed by atoms with Gasteiger partial charge in [0, 0.05) is 5.25 Å². The van der Waals surface area contributed by atoms with Gasteiger partial charge in [-0.1, -0.05) is 110 Å². The molecular formula is C23H47NaO4S. The first kappa shape index (κ1) is 32.1. The third-order valence-electron chi connectivity index (χ3n) is 5.69. The maximum absolute atomic E-state index is 11.5. The van der Waals surface area contributed by atoms with E-state index in [4.69, 9.17) is 0 Å². The number of aliphatic hydroxyl groups excluding tert-OH is 1. The Hall–Kier alpha value is 0.870. The molecule has 0 rings (SSSR count). The van der Waals surface area contributed by atoms with Gasteiger partial charge in [-0.05, 0) is 26.2 Å². The van der Waals surface area contributed by atoms with Crippen LogP contribution in [0.2, 0.25) is 0 Å². The van der Waals surface area contributed by atoms with E-state index < -0.39 is 15.4 Å². The second-order valence-corrected chi connectivity index (χ2v) is 10.3. The van der Waals surface area contributed by atoms with Crippen molar-refractivity contribution in [1.82, 2.24) is 0 Å². The predicted octanol–water partition coefficient (Wildman–Crippen LogP) is 3.72. The second-order valence-electron chi connectivity index (χ2n) is 8.63. The van der Waals surface area contributed by atoms with Gasteiger partial charge < -0.3 is 9.66 Å². The number of rotatable bonds is 21. The molecule has 0 bridgehead atoms. The molecule has 0 aliphatic carbocycles. The third-order valence-corrected chi connectivity index (χ3v) is 6.97. The van der Waals surface area contributed by atoms with Crippen LogP contribution in [0, 0.1) is 0 Å². The summed E-state index contributed by atoms with van der Waals surface area (Å²) >= 11 is 0. The molecular weight excluding hydrogens is 395 g/mol. The van der Waals surface area contributed by atoms with E-state index in [9.17, 15) is 18.1 Å². The first-order chi connectivity index (χ1) is 13.4. The monoisotopic (exact) mass is 442 g/mol. The Bertz CT molecular complexity index is 427. The van der Waals surface area contributed by atoms with E-state index in [0.29, 0.717) is 12.8 Å². The topological polar surface area (TPSA) is 77.4 Å². The van der Waals surface area contributed by atoms with Gasteiger partial charge >= 0.3 is 29.6 Å². The molecule has 0 amide bonds. The summed E-state index contributed by atoms with van der Waals surface area (Å²) < 4.78 is 34.5. The number of aliphatic hydroxyl groups is 1. The van der Waals surface area contributed by atoms with Gasteiger partial charge in [-0.15, -0.1) is 0 Å². The Morgan fingerprint density at radius 3 is 1.28 bits per heavy atom. The van der Waals surface area contributed by atoms with Crippen LogP contribution in [0.15, 0.2) is 0 Å². The van der Waals surface area contributed by atoms with Crippen molar-refractivity contribution in [3.05, 3.63) is 0 Å². The van der Waals surface area contributed by atoms with Gasteiger partial charge in [-0.3, -0.25) is 0 Å². The summed E-state index contributed by atoms with van der Waals surface area (Å²) in [6.45, 7) is 4.05. The molecule has 0 aliphatic heterocycles. The van der Waals surface area contributed by atoms with Gasteiger partial charge in [0.15, 0.2) is 0 Å². The van der Waals surface area contributed by atoms with E-state index >= 15 is 0 Å². The number of hydrogen-bond donors (Lipinski definition) is 1. The molecule has 0 heterocycles. The van der Waals surface area contributed by atoms with Crippen LogP contribution in [0.1, 0.15) is 136 Å². The van der Waals surface area contributed by atoms with Crippen LogP contribution in [-0.4, -0.2) is 29.4 Å². The number of hydrogen-bond acceptors (Lipinski definition) is 4. The van der Waals surface area contributed by atoms with Crippen molar-refractivity contribution < 1.29 is 47.6 Å². The summed E-state index contributed by atoms with van der Waals surface area (Å²) in [7, 11) is -4.15. The van der Waals surface area contributed by atoms with Crippen molar-refractivity contribution in [2.45, 2.75) is 147 Å². The fourth-order valence-electron chi connectivity index (χ4n) is 3.81. The van der Waals surface area contributed by atoms with Crippen molar-refractivity contribution in [3.8, 4) is 0 Å². The van der Waals surface area contributed by atoms with Crippen LogP contribution in [0.4, 0.5) is 0 Å². The molecule has 2 unspecified atom stereocenters. The first-order valence-electron chi connectivity index (χ1n) is 12.0. The molecule has 0 saturated carbocycles. The molecule has 2 atom stereocenters. The summed E-state index contributed by atoms with van der Waals surface area (Å²) in [5.74, 6) is 0. The average Bonchev–Trinajstić information content (AvgIpc) is 2.62. The Morgan fingerprint density at radius 2 is 0.966 bits per heavy atom. The molecule has 1 N–H and O–H groups in total. The van der Waals surface area contributed by atoms with Crippen LogP contribution in [-0.2, 0) is 10.1 Å². The normalized spacial score (nSPS) is 13.8. The maximum Gasteiger partial charge on any atom is 1.00 e. The third kappa shape index (κ3) is 23.4. The Labute approximate surface area is 204 Å². The molecule has 0 aliphatic rings. The minimum absolute atomic E-state index is 0. The van der Waals surface area contributed by atoms with Gasteiger partial charge in [0.25, 0.3) is 0 Å². The minimum Gasteiger partial charge on any atom is -0.748 e. The summed E-state index contributed by atoms with van der Waals surface area (Å²) in [5.41, 5.74) is 0.